The smallest absolute Gasteiger partial charge is 0.461 e. The van der Waals surface area contributed by atoms with Gasteiger partial charge in [0.05, 0.1) is 19.8 Å². The van der Waals surface area contributed by atoms with Crippen LogP contribution in [0.25, 0.3) is 0 Å². The molecule has 1 atom stereocenters. The number of ketones is 1. The largest absolute Gasteiger partial charge is 0.475 e. The molecule has 0 N–H and O–H groups in total. The fraction of sp³-hybridized carbons (Fsp3) is 0.500. The molecule has 0 heterocycles. The first kappa shape index (κ1) is 22.5. The maximum Gasteiger partial charge on any atom is 0.475 e. The molecule has 8 heteroatoms. The molecule has 0 aromatic heterocycles. The van der Waals surface area contributed by atoms with Gasteiger partial charge in [-0.2, -0.15) is 0 Å². The second kappa shape index (κ2) is 12.8. The van der Waals surface area contributed by atoms with E-state index in [4.69, 9.17) is 18.3 Å². The van der Waals surface area contributed by atoms with E-state index in [0.717, 1.165) is 0 Å². The van der Waals surface area contributed by atoms with Gasteiger partial charge >= 0.3 is 13.8 Å². The van der Waals surface area contributed by atoms with Crippen LogP contribution in [0.3, 0.4) is 0 Å². The maximum atomic E-state index is 12.3. The summed E-state index contributed by atoms with van der Waals surface area (Å²) in [7, 11) is -3.73. The molecule has 136 valence electrons. The minimum atomic E-state index is -3.73. The summed E-state index contributed by atoms with van der Waals surface area (Å²) in [4.78, 5) is 23.3. The topological polar surface area (TPSA) is 88.1 Å². The molecule has 0 spiro atoms. The number of phosphoric acid groups is 1. The Kier molecular flexibility index (Phi) is 12.0. The first-order valence-electron chi connectivity index (χ1n) is 7.43. The molecule has 0 aromatic carbocycles. The molecular formula is C16H25O7P. The number of rotatable bonds is 15. The highest BCUT2D eigenvalue weighted by Crippen LogP contribution is 2.49. The van der Waals surface area contributed by atoms with Crippen LogP contribution in [-0.4, -0.2) is 38.2 Å². The van der Waals surface area contributed by atoms with Crippen LogP contribution in [-0.2, 0) is 32.5 Å². The first-order valence-corrected chi connectivity index (χ1v) is 8.89. The van der Waals surface area contributed by atoms with E-state index in [1.54, 1.807) is 0 Å². The molecule has 0 aliphatic carbocycles. The number of hydrogen-bond donors (Lipinski definition) is 0. The van der Waals surface area contributed by atoms with Gasteiger partial charge in [-0.25, -0.2) is 4.57 Å². The Hall–Kier alpha value is -1.53. The number of carbonyl (C=O) groups is 2. The van der Waals surface area contributed by atoms with E-state index in [9.17, 15) is 14.2 Å². The molecule has 0 aliphatic rings. The molecule has 0 rings (SSSR count). The lowest BCUT2D eigenvalue weighted by molar-refractivity contribution is -0.150. The minimum Gasteiger partial charge on any atom is -0.461 e. The Morgan fingerprint density at radius 3 is 2.00 bits per heavy atom. The molecule has 24 heavy (non-hydrogen) atoms. The van der Waals surface area contributed by atoms with Crippen LogP contribution >= 0.6 is 7.82 Å². The van der Waals surface area contributed by atoms with Crippen molar-refractivity contribution in [3.63, 3.8) is 0 Å². The summed E-state index contributed by atoms with van der Waals surface area (Å²) in [5.41, 5.74) is 0. The van der Waals surface area contributed by atoms with Crippen molar-refractivity contribution >= 4 is 19.6 Å². The molecule has 1 unspecified atom stereocenters. The van der Waals surface area contributed by atoms with E-state index in [1.165, 1.54) is 25.2 Å². The summed E-state index contributed by atoms with van der Waals surface area (Å²) in [5, 5.41) is 0. The summed E-state index contributed by atoms with van der Waals surface area (Å²) in [6.07, 6.45) is 4.74. The fourth-order valence-corrected chi connectivity index (χ4v) is 2.74. The van der Waals surface area contributed by atoms with E-state index in [-0.39, 0.29) is 38.6 Å². The Morgan fingerprint density at radius 2 is 1.54 bits per heavy atom. The van der Waals surface area contributed by atoms with Gasteiger partial charge in [0.25, 0.3) is 0 Å². The summed E-state index contributed by atoms with van der Waals surface area (Å²) in [6, 6.07) is 0. The van der Waals surface area contributed by atoms with Crippen molar-refractivity contribution in [2.24, 2.45) is 5.92 Å². The van der Waals surface area contributed by atoms with Crippen LogP contribution in [0.2, 0.25) is 0 Å². The van der Waals surface area contributed by atoms with Crippen LogP contribution in [0.5, 0.6) is 0 Å². The molecule has 0 saturated carbocycles. The van der Waals surface area contributed by atoms with Gasteiger partial charge < -0.3 is 4.74 Å². The highest BCUT2D eigenvalue weighted by Gasteiger charge is 2.27. The first-order chi connectivity index (χ1) is 11.4. The zero-order valence-corrected chi connectivity index (χ0v) is 14.9. The predicted octanol–water partition coefficient (Wildman–Crippen LogP) is 3.23. The summed E-state index contributed by atoms with van der Waals surface area (Å²) >= 11 is 0. The second-order valence-electron chi connectivity index (χ2n) is 4.67. The highest BCUT2D eigenvalue weighted by atomic mass is 31.2. The summed E-state index contributed by atoms with van der Waals surface area (Å²) in [6.45, 7) is 11.7. The molecule has 7 nitrogen and oxygen atoms in total. The molecule has 0 fully saturated rings. The lowest BCUT2D eigenvalue weighted by atomic mass is 10.00. The Labute approximate surface area is 142 Å². The number of Topliss-reactive ketones (excluding diaryl/α,β-unsaturated/α-hetero) is 1. The molecule has 0 amide bonds. The number of esters is 1. The van der Waals surface area contributed by atoms with Crippen molar-refractivity contribution in [2.45, 2.75) is 19.8 Å². The number of carbonyl (C=O) groups excluding carboxylic acids is 2. The third kappa shape index (κ3) is 9.57. The lowest BCUT2D eigenvalue weighted by Gasteiger charge is -2.17. The molecule has 0 aromatic rings. The second-order valence-corrected chi connectivity index (χ2v) is 6.34. The predicted molar refractivity (Wildman–Crippen MR) is 90.4 cm³/mol. The highest BCUT2D eigenvalue weighted by molar-refractivity contribution is 7.48. The van der Waals surface area contributed by atoms with Gasteiger partial charge in [0.1, 0.15) is 18.3 Å². The van der Waals surface area contributed by atoms with Crippen LogP contribution < -0.4 is 0 Å². The summed E-state index contributed by atoms with van der Waals surface area (Å²) in [5.74, 6) is -1.81. The van der Waals surface area contributed by atoms with Crippen molar-refractivity contribution in [3.05, 3.63) is 38.0 Å². The van der Waals surface area contributed by atoms with Crippen LogP contribution in [0, 0.1) is 5.92 Å². The molecule has 0 radical (unpaired) electrons. The van der Waals surface area contributed by atoms with Gasteiger partial charge in [-0.15, -0.1) is 13.2 Å². The molecular weight excluding hydrogens is 335 g/mol. The fourth-order valence-electron chi connectivity index (χ4n) is 1.59. The maximum absolute atomic E-state index is 12.3. The molecule has 0 aliphatic heterocycles. The average Bonchev–Trinajstić information content (AvgIpc) is 2.55. The Morgan fingerprint density at radius 1 is 1.00 bits per heavy atom. The van der Waals surface area contributed by atoms with Crippen molar-refractivity contribution in [1.29, 1.82) is 0 Å². The lowest BCUT2D eigenvalue weighted by Crippen LogP contribution is -2.24. The number of phosphoric ester groups is 1. The van der Waals surface area contributed by atoms with Crippen molar-refractivity contribution in [1.82, 2.24) is 0 Å². The summed E-state index contributed by atoms with van der Waals surface area (Å²) < 4.78 is 32.3. The number of ether oxygens (including phenoxy) is 1. The Balaban J connectivity index is 4.45. The van der Waals surface area contributed by atoms with Gasteiger partial charge in [0, 0.05) is 0 Å². The van der Waals surface area contributed by atoms with E-state index in [2.05, 4.69) is 19.7 Å². The van der Waals surface area contributed by atoms with Gasteiger partial charge in [-0.1, -0.05) is 24.8 Å². The van der Waals surface area contributed by atoms with Crippen molar-refractivity contribution < 1.29 is 32.5 Å². The third-order valence-electron chi connectivity index (χ3n) is 2.71. The molecule has 0 saturated heterocycles. The zero-order valence-electron chi connectivity index (χ0n) is 14.0. The quantitative estimate of drug-likeness (QED) is 0.146. The van der Waals surface area contributed by atoms with Crippen LogP contribution in [0.4, 0.5) is 0 Å². The SMILES string of the molecule is C=CCOC(=O)C(CCCOP(=O)(OCC=C)OCC=C)C(C)=O. The Bertz CT molecular complexity index is 471. The van der Waals surface area contributed by atoms with E-state index >= 15 is 0 Å². The average molecular weight is 360 g/mol. The van der Waals surface area contributed by atoms with Gasteiger partial charge in [0.15, 0.2) is 0 Å². The minimum absolute atomic E-state index is 0.00162. The standard InChI is InChI=1S/C16H25O7P/c1-5-10-20-16(18)15(14(4)17)9-8-13-23-24(19,21-11-6-2)22-12-7-3/h5-7,15H,1-3,8-13H2,4H3. The van der Waals surface area contributed by atoms with Crippen LogP contribution in [0.1, 0.15) is 19.8 Å². The van der Waals surface area contributed by atoms with Crippen molar-refractivity contribution in [2.75, 3.05) is 26.4 Å². The third-order valence-corrected chi connectivity index (χ3v) is 4.14. The van der Waals surface area contributed by atoms with Gasteiger partial charge in [-0.3, -0.25) is 23.2 Å². The van der Waals surface area contributed by atoms with Gasteiger partial charge in [-0.05, 0) is 19.8 Å². The van der Waals surface area contributed by atoms with Gasteiger partial charge in [0.2, 0.25) is 0 Å². The van der Waals surface area contributed by atoms with Crippen molar-refractivity contribution in [3.8, 4) is 0 Å². The van der Waals surface area contributed by atoms with Crippen LogP contribution in [0.15, 0.2) is 38.0 Å². The van der Waals surface area contributed by atoms with E-state index < -0.39 is 19.7 Å². The zero-order chi connectivity index (χ0) is 18.4. The normalized spacial score (nSPS) is 12.2. The molecule has 0 bridgehead atoms. The van der Waals surface area contributed by atoms with E-state index in [1.807, 2.05) is 0 Å². The monoisotopic (exact) mass is 360 g/mol. The van der Waals surface area contributed by atoms with E-state index in [0.29, 0.717) is 6.42 Å². The number of hydrogen-bond acceptors (Lipinski definition) is 7.